The molecule has 2 aromatic rings. The fourth-order valence-corrected chi connectivity index (χ4v) is 1.33. The molecule has 4 heteroatoms. The molecule has 0 amide bonds. The molecule has 1 aromatic heterocycles. The molecule has 0 saturated carbocycles. The summed E-state index contributed by atoms with van der Waals surface area (Å²) < 4.78 is 17.8. The van der Waals surface area contributed by atoms with Gasteiger partial charge < -0.3 is 9.72 Å². The Bertz CT molecular complexity index is 479. The molecule has 1 heterocycles. The molecule has 0 aliphatic carbocycles. The van der Waals surface area contributed by atoms with E-state index in [1.165, 1.54) is 12.3 Å². The largest absolute Gasteiger partial charge is 0.406 e. The van der Waals surface area contributed by atoms with Crippen molar-refractivity contribution < 1.29 is 13.9 Å². The molecule has 82 valence electrons. The Labute approximate surface area is 91.9 Å². The number of carbonyl (C=O) groups excluding carboxylic acids is 1. The van der Waals surface area contributed by atoms with E-state index in [0.717, 1.165) is 5.56 Å². The zero-order valence-electron chi connectivity index (χ0n) is 8.44. The van der Waals surface area contributed by atoms with Crippen LogP contribution in [0.1, 0.15) is 5.56 Å². The first kappa shape index (κ1) is 10.4. The minimum Gasteiger partial charge on any atom is -0.406 e. The van der Waals surface area contributed by atoms with E-state index in [4.69, 9.17) is 4.74 Å². The molecule has 3 nitrogen and oxygen atoms in total. The van der Waals surface area contributed by atoms with E-state index in [0.29, 0.717) is 0 Å². The Morgan fingerprint density at radius 1 is 1.25 bits per heavy atom. The zero-order valence-corrected chi connectivity index (χ0v) is 8.44. The van der Waals surface area contributed by atoms with Gasteiger partial charge in [0.15, 0.2) is 5.82 Å². The van der Waals surface area contributed by atoms with Crippen LogP contribution < -0.4 is 4.74 Å². The second kappa shape index (κ2) is 4.61. The first-order valence-electron chi connectivity index (χ1n) is 4.83. The maximum absolute atomic E-state index is 12.9. The second-order valence-corrected chi connectivity index (χ2v) is 3.29. The van der Waals surface area contributed by atoms with Crippen molar-refractivity contribution in [1.82, 2.24) is 4.98 Å². The second-order valence-electron chi connectivity index (χ2n) is 3.29. The minimum absolute atomic E-state index is 0.124. The summed E-state index contributed by atoms with van der Waals surface area (Å²) in [7, 11) is 0. The number of ether oxygens (including phenoxy) is 1. The minimum atomic E-state index is -0.568. The van der Waals surface area contributed by atoms with Gasteiger partial charge in [0.25, 0.3) is 0 Å². The molecule has 0 aliphatic rings. The first-order valence-corrected chi connectivity index (χ1v) is 4.83. The molecule has 1 aromatic carbocycles. The lowest BCUT2D eigenvalue weighted by Crippen LogP contribution is -2.12. The van der Waals surface area contributed by atoms with E-state index in [1.54, 1.807) is 0 Å². The number of aromatic amines is 1. The van der Waals surface area contributed by atoms with Crippen LogP contribution in [0.3, 0.4) is 0 Å². The van der Waals surface area contributed by atoms with Gasteiger partial charge in [-0.25, -0.2) is 4.39 Å². The van der Waals surface area contributed by atoms with E-state index in [9.17, 15) is 9.18 Å². The Morgan fingerprint density at radius 3 is 2.62 bits per heavy atom. The zero-order chi connectivity index (χ0) is 11.4. The van der Waals surface area contributed by atoms with Gasteiger partial charge in [0.1, 0.15) is 0 Å². The fourth-order valence-electron chi connectivity index (χ4n) is 1.33. The third-order valence-electron chi connectivity index (χ3n) is 2.07. The third-order valence-corrected chi connectivity index (χ3v) is 2.07. The van der Waals surface area contributed by atoms with Crippen molar-refractivity contribution in [3.05, 3.63) is 54.0 Å². The highest BCUT2D eigenvalue weighted by molar-refractivity contribution is 5.74. The molecule has 16 heavy (non-hydrogen) atoms. The van der Waals surface area contributed by atoms with Crippen molar-refractivity contribution in [1.29, 1.82) is 0 Å². The Hall–Kier alpha value is -2.10. The van der Waals surface area contributed by atoms with Crippen LogP contribution in [0.25, 0.3) is 0 Å². The highest BCUT2D eigenvalue weighted by Crippen LogP contribution is 2.13. The van der Waals surface area contributed by atoms with Crippen LogP contribution in [0, 0.1) is 5.82 Å². The van der Waals surface area contributed by atoms with Crippen molar-refractivity contribution >= 4 is 5.97 Å². The molecular weight excluding hydrogens is 209 g/mol. The quantitative estimate of drug-likeness (QED) is 0.805. The van der Waals surface area contributed by atoms with Gasteiger partial charge in [-0.15, -0.1) is 0 Å². The summed E-state index contributed by atoms with van der Waals surface area (Å²) in [6, 6.07) is 10.3. The summed E-state index contributed by atoms with van der Waals surface area (Å²) in [6.45, 7) is 0. The third kappa shape index (κ3) is 2.48. The fraction of sp³-hybridized carbons (Fsp3) is 0.0833. The SMILES string of the molecule is O=C(Cc1ccccc1)Oc1[nH]ccc1F. The molecule has 0 bridgehead atoms. The molecule has 2 rings (SSSR count). The van der Waals surface area contributed by atoms with Crippen LogP contribution in [0.2, 0.25) is 0 Å². The summed E-state index contributed by atoms with van der Waals surface area (Å²) >= 11 is 0. The van der Waals surface area contributed by atoms with E-state index in [2.05, 4.69) is 4.98 Å². The molecule has 0 atom stereocenters. The van der Waals surface area contributed by atoms with Crippen molar-refractivity contribution in [2.24, 2.45) is 0 Å². The topological polar surface area (TPSA) is 42.1 Å². The molecule has 0 saturated heterocycles. The van der Waals surface area contributed by atoms with E-state index in [1.807, 2.05) is 30.3 Å². The number of benzene rings is 1. The van der Waals surface area contributed by atoms with Crippen LogP contribution in [0.15, 0.2) is 42.6 Å². The summed E-state index contributed by atoms with van der Waals surface area (Å²) in [4.78, 5) is 13.9. The summed E-state index contributed by atoms with van der Waals surface area (Å²) in [6.07, 6.45) is 1.50. The molecule has 0 fully saturated rings. The van der Waals surface area contributed by atoms with Crippen LogP contribution >= 0.6 is 0 Å². The summed E-state index contributed by atoms with van der Waals surface area (Å²) in [5.41, 5.74) is 0.833. The van der Waals surface area contributed by atoms with Gasteiger partial charge in [-0.05, 0) is 11.6 Å². The van der Waals surface area contributed by atoms with Crippen molar-refractivity contribution in [3.63, 3.8) is 0 Å². The number of hydrogen-bond donors (Lipinski definition) is 1. The number of halogens is 1. The summed E-state index contributed by atoms with van der Waals surface area (Å²) in [5, 5.41) is 0. The highest BCUT2D eigenvalue weighted by Gasteiger charge is 2.10. The van der Waals surface area contributed by atoms with Gasteiger partial charge in [-0.3, -0.25) is 4.79 Å². The lowest BCUT2D eigenvalue weighted by molar-refractivity contribution is -0.134. The molecule has 0 unspecified atom stereocenters. The number of nitrogens with one attached hydrogen (secondary N) is 1. The maximum Gasteiger partial charge on any atom is 0.317 e. The van der Waals surface area contributed by atoms with Gasteiger partial charge in [0, 0.05) is 6.20 Å². The molecular formula is C12H10FNO2. The Kier molecular flexibility index (Phi) is 3.00. The van der Waals surface area contributed by atoms with Crippen LogP contribution in [0.5, 0.6) is 5.88 Å². The maximum atomic E-state index is 12.9. The van der Waals surface area contributed by atoms with Crippen LogP contribution in [-0.2, 0) is 11.2 Å². The number of rotatable bonds is 3. The lowest BCUT2D eigenvalue weighted by Gasteiger charge is -2.02. The first-order chi connectivity index (χ1) is 7.75. The monoisotopic (exact) mass is 219 g/mol. The lowest BCUT2D eigenvalue weighted by atomic mass is 10.2. The van der Waals surface area contributed by atoms with Crippen molar-refractivity contribution in [3.8, 4) is 5.88 Å². The highest BCUT2D eigenvalue weighted by atomic mass is 19.1. The molecule has 1 N–H and O–H groups in total. The van der Waals surface area contributed by atoms with Gasteiger partial charge in [0.05, 0.1) is 6.42 Å². The molecule has 0 radical (unpaired) electrons. The van der Waals surface area contributed by atoms with Crippen molar-refractivity contribution in [2.45, 2.75) is 6.42 Å². The number of aromatic nitrogens is 1. The summed E-state index contributed by atoms with van der Waals surface area (Å²) in [5.74, 6) is -1.20. The van der Waals surface area contributed by atoms with Crippen LogP contribution in [0.4, 0.5) is 4.39 Å². The molecule has 0 aliphatic heterocycles. The smallest absolute Gasteiger partial charge is 0.317 e. The Balaban J connectivity index is 1.98. The normalized spacial score (nSPS) is 10.1. The van der Waals surface area contributed by atoms with Gasteiger partial charge in [-0.2, -0.15) is 0 Å². The number of hydrogen-bond acceptors (Lipinski definition) is 2. The van der Waals surface area contributed by atoms with Crippen LogP contribution in [-0.4, -0.2) is 11.0 Å². The predicted molar refractivity (Wildman–Crippen MR) is 56.5 cm³/mol. The van der Waals surface area contributed by atoms with E-state index < -0.39 is 11.8 Å². The average Bonchev–Trinajstić information content (AvgIpc) is 2.66. The standard InChI is InChI=1S/C12H10FNO2/c13-10-6-7-14-12(10)16-11(15)8-9-4-2-1-3-5-9/h1-7,14H,8H2. The van der Waals surface area contributed by atoms with Gasteiger partial charge in [0.2, 0.25) is 5.88 Å². The van der Waals surface area contributed by atoms with E-state index >= 15 is 0 Å². The number of esters is 1. The van der Waals surface area contributed by atoms with Gasteiger partial charge in [-0.1, -0.05) is 30.3 Å². The molecule has 0 spiro atoms. The van der Waals surface area contributed by atoms with E-state index in [-0.39, 0.29) is 12.3 Å². The Morgan fingerprint density at radius 2 is 2.00 bits per heavy atom. The van der Waals surface area contributed by atoms with Crippen molar-refractivity contribution in [2.75, 3.05) is 0 Å². The number of carbonyl (C=O) groups is 1. The predicted octanol–water partition coefficient (Wildman–Crippen LogP) is 2.30. The van der Waals surface area contributed by atoms with Gasteiger partial charge >= 0.3 is 5.97 Å². The average molecular weight is 219 g/mol. The number of H-pyrrole nitrogens is 1.